The first-order valence-corrected chi connectivity index (χ1v) is 7.99. The van der Waals surface area contributed by atoms with Gasteiger partial charge in [-0.25, -0.2) is 15.0 Å². The Morgan fingerprint density at radius 3 is 2.85 bits per heavy atom. The van der Waals surface area contributed by atoms with Gasteiger partial charge in [-0.05, 0) is 31.1 Å². The van der Waals surface area contributed by atoms with Crippen LogP contribution in [-0.4, -0.2) is 36.8 Å². The monoisotopic (exact) mass is 385 g/mol. The molecule has 2 aliphatic rings. The molecule has 0 amide bonds. The maximum absolute atomic E-state index is 9.84. The van der Waals surface area contributed by atoms with Gasteiger partial charge < -0.3 is 15.0 Å². The molecule has 2 saturated carbocycles. The van der Waals surface area contributed by atoms with Crippen LogP contribution >= 0.6 is 22.6 Å². The van der Waals surface area contributed by atoms with Gasteiger partial charge >= 0.3 is 0 Å². The largest absolute Gasteiger partial charge is 0.393 e. The Bertz CT molecular complexity index is 670. The SMILES string of the molecule is Cn1c(I)nc2c(NC3CC4CC3CC4O)ncnc21. The first kappa shape index (κ1) is 12.8. The van der Waals surface area contributed by atoms with E-state index in [0.29, 0.717) is 17.9 Å². The molecule has 106 valence electrons. The van der Waals surface area contributed by atoms with Crippen LogP contribution in [-0.2, 0) is 7.05 Å². The molecular formula is C13H16IN5O. The van der Waals surface area contributed by atoms with Crippen LogP contribution in [0.5, 0.6) is 0 Å². The standard InChI is InChI=1S/C13H16IN5O/c1-19-12-10(18-13(19)14)11(15-5-16-12)17-8-3-7-2-6(8)4-9(7)20/h5-9,20H,2-4H2,1H3,(H,15,16,17). The zero-order valence-corrected chi connectivity index (χ0v) is 13.3. The van der Waals surface area contributed by atoms with Crippen LogP contribution < -0.4 is 5.32 Å². The molecule has 2 fully saturated rings. The Balaban J connectivity index is 1.65. The molecule has 2 aromatic rings. The van der Waals surface area contributed by atoms with Crippen molar-refractivity contribution < 1.29 is 5.11 Å². The zero-order valence-electron chi connectivity index (χ0n) is 11.1. The second-order valence-corrected chi connectivity index (χ2v) is 6.84. The zero-order chi connectivity index (χ0) is 13.9. The number of aromatic nitrogens is 4. The van der Waals surface area contributed by atoms with E-state index in [1.54, 1.807) is 6.33 Å². The third-order valence-corrected chi connectivity index (χ3v) is 5.71. The van der Waals surface area contributed by atoms with Crippen molar-refractivity contribution in [1.29, 1.82) is 0 Å². The third kappa shape index (κ3) is 1.82. The molecule has 2 aliphatic carbocycles. The number of hydrogen-bond donors (Lipinski definition) is 2. The van der Waals surface area contributed by atoms with Crippen molar-refractivity contribution in [1.82, 2.24) is 19.5 Å². The lowest BCUT2D eigenvalue weighted by molar-refractivity contribution is 0.110. The Hall–Kier alpha value is -0.960. The normalized spacial score (nSPS) is 32.1. The van der Waals surface area contributed by atoms with Crippen molar-refractivity contribution in [2.45, 2.75) is 31.4 Å². The second kappa shape index (κ2) is 4.52. The summed E-state index contributed by atoms with van der Waals surface area (Å²) in [6.07, 6.45) is 4.56. The number of aryl methyl sites for hydroxylation is 1. The molecule has 7 heteroatoms. The Labute approximate surface area is 130 Å². The van der Waals surface area contributed by atoms with Crippen LogP contribution in [0, 0.1) is 15.7 Å². The van der Waals surface area contributed by atoms with Crippen molar-refractivity contribution in [2.24, 2.45) is 18.9 Å². The van der Waals surface area contributed by atoms with E-state index in [1.807, 2.05) is 11.6 Å². The van der Waals surface area contributed by atoms with E-state index < -0.39 is 0 Å². The number of aliphatic hydroxyl groups excluding tert-OH is 1. The molecule has 0 aromatic carbocycles. The van der Waals surface area contributed by atoms with E-state index in [4.69, 9.17) is 0 Å². The molecule has 0 aliphatic heterocycles. The van der Waals surface area contributed by atoms with E-state index in [0.717, 1.165) is 40.1 Å². The Morgan fingerprint density at radius 1 is 1.30 bits per heavy atom. The topological polar surface area (TPSA) is 75.9 Å². The summed E-state index contributed by atoms with van der Waals surface area (Å²) in [5.74, 6) is 1.84. The highest BCUT2D eigenvalue weighted by atomic mass is 127. The molecule has 0 spiro atoms. The summed E-state index contributed by atoms with van der Waals surface area (Å²) in [6, 6.07) is 0.404. The lowest BCUT2D eigenvalue weighted by Gasteiger charge is -2.26. The van der Waals surface area contributed by atoms with Gasteiger partial charge in [0.25, 0.3) is 0 Å². The summed E-state index contributed by atoms with van der Waals surface area (Å²) in [5.41, 5.74) is 1.69. The number of halogens is 1. The third-order valence-electron chi connectivity index (χ3n) is 4.74. The van der Waals surface area contributed by atoms with Gasteiger partial charge in [0.05, 0.1) is 6.10 Å². The molecule has 4 rings (SSSR count). The number of rotatable bonds is 2. The molecule has 0 saturated heterocycles. The summed E-state index contributed by atoms with van der Waals surface area (Å²) >= 11 is 2.20. The fourth-order valence-electron chi connectivity index (χ4n) is 3.68. The molecule has 2 N–H and O–H groups in total. The van der Waals surface area contributed by atoms with Gasteiger partial charge in [-0.1, -0.05) is 0 Å². The highest BCUT2D eigenvalue weighted by Crippen LogP contribution is 2.45. The van der Waals surface area contributed by atoms with Crippen LogP contribution in [0.2, 0.25) is 0 Å². The second-order valence-electron chi connectivity index (χ2n) is 5.88. The lowest BCUT2D eigenvalue weighted by atomic mass is 9.93. The molecule has 6 nitrogen and oxygen atoms in total. The van der Waals surface area contributed by atoms with Crippen molar-refractivity contribution in [3.63, 3.8) is 0 Å². The van der Waals surface area contributed by atoms with Crippen molar-refractivity contribution in [3.05, 3.63) is 10.2 Å². The minimum absolute atomic E-state index is 0.0979. The van der Waals surface area contributed by atoms with Gasteiger partial charge in [-0.15, -0.1) is 0 Å². The summed E-state index contributed by atoms with van der Waals surface area (Å²) in [7, 11) is 1.96. The predicted molar refractivity (Wildman–Crippen MR) is 83.3 cm³/mol. The number of hydrogen-bond acceptors (Lipinski definition) is 5. The summed E-state index contributed by atoms with van der Waals surface area (Å²) in [5, 5.41) is 13.4. The molecule has 2 heterocycles. The number of fused-ring (bicyclic) bond motifs is 3. The Morgan fingerprint density at radius 2 is 2.15 bits per heavy atom. The highest BCUT2D eigenvalue weighted by Gasteiger charge is 2.45. The number of imidazole rings is 1. The molecular weight excluding hydrogens is 369 g/mol. The minimum atomic E-state index is -0.0979. The average Bonchev–Trinajstić information content (AvgIpc) is 3.06. The molecule has 4 unspecified atom stereocenters. The molecule has 4 atom stereocenters. The van der Waals surface area contributed by atoms with Gasteiger partial charge in [0, 0.05) is 35.7 Å². The maximum Gasteiger partial charge on any atom is 0.173 e. The summed E-state index contributed by atoms with van der Waals surface area (Å²) in [4.78, 5) is 13.2. The molecule has 2 bridgehead atoms. The van der Waals surface area contributed by atoms with Crippen LogP contribution in [0.3, 0.4) is 0 Å². The van der Waals surface area contributed by atoms with Gasteiger partial charge in [0.2, 0.25) is 0 Å². The van der Waals surface area contributed by atoms with Gasteiger partial charge in [0.15, 0.2) is 20.8 Å². The van der Waals surface area contributed by atoms with E-state index >= 15 is 0 Å². The smallest absolute Gasteiger partial charge is 0.173 e. The van der Waals surface area contributed by atoms with Crippen LogP contribution in [0.4, 0.5) is 5.82 Å². The van der Waals surface area contributed by atoms with Crippen LogP contribution in [0.1, 0.15) is 19.3 Å². The first-order chi connectivity index (χ1) is 9.63. The van der Waals surface area contributed by atoms with E-state index in [1.165, 1.54) is 0 Å². The average molecular weight is 385 g/mol. The molecule has 20 heavy (non-hydrogen) atoms. The molecule has 0 radical (unpaired) electrons. The van der Waals surface area contributed by atoms with Crippen LogP contribution in [0.25, 0.3) is 11.2 Å². The highest BCUT2D eigenvalue weighted by molar-refractivity contribution is 14.1. The predicted octanol–water partition coefficient (Wildman–Crippen LogP) is 1.54. The number of anilines is 1. The van der Waals surface area contributed by atoms with Gasteiger partial charge in [0.1, 0.15) is 6.33 Å². The number of aliphatic hydroxyl groups is 1. The maximum atomic E-state index is 9.84. The fraction of sp³-hybridized carbons (Fsp3) is 0.615. The van der Waals surface area contributed by atoms with E-state index in [2.05, 4.69) is 42.9 Å². The van der Waals surface area contributed by atoms with Crippen LogP contribution in [0.15, 0.2) is 6.33 Å². The minimum Gasteiger partial charge on any atom is -0.393 e. The number of nitrogens with one attached hydrogen (secondary N) is 1. The summed E-state index contributed by atoms with van der Waals surface area (Å²) in [6.45, 7) is 0. The fourth-order valence-corrected chi connectivity index (χ4v) is 4.15. The first-order valence-electron chi connectivity index (χ1n) is 6.91. The lowest BCUT2D eigenvalue weighted by Crippen LogP contribution is -2.31. The van der Waals surface area contributed by atoms with E-state index in [9.17, 15) is 5.11 Å². The number of nitrogens with zero attached hydrogens (tertiary/aromatic N) is 4. The van der Waals surface area contributed by atoms with E-state index in [-0.39, 0.29) is 6.10 Å². The van der Waals surface area contributed by atoms with Crippen molar-refractivity contribution in [2.75, 3.05) is 5.32 Å². The summed E-state index contributed by atoms with van der Waals surface area (Å²) < 4.78 is 2.87. The van der Waals surface area contributed by atoms with Crippen molar-refractivity contribution in [3.8, 4) is 0 Å². The Kier molecular flexibility index (Phi) is 2.88. The molecule has 2 aromatic heterocycles. The van der Waals surface area contributed by atoms with Gasteiger partial charge in [-0.3, -0.25) is 0 Å². The van der Waals surface area contributed by atoms with Crippen molar-refractivity contribution >= 4 is 39.6 Å². The van der Waals surface area contributed by atoms with Gasteiger partial charge in [-0.2, -0.15) is 0 Å². The quantitative estimate of drug-likeness (QED) is 0.606.